The zero-order valence-corrected chi connectivity index (χ0v) is 14.2. The number of amides is 1. The third-order valence-electron chi connectivity index (χ3n) is 4.73. The normalized spacial score (nSPS) is 18.6. The number of hydrogen-bond donors (Lipinski definition) is 0. The van der Waals surface area contributed by atoms with Gasteiger partial charge < -0.3 is 9.47 Å². The average Bonchev–Trinajstić information content (AvgIpc) is 2.66. The molecule has 1 amide bonds. The number of carbonyl (C=O) groups excluding carboxylic acids is 1. The minimum Gasteiger partial charge on any atom is -0.493 e. The van der Waals surface area contributed by atoms with Crippen molar-refractivity contribution in [3.05, 3.63) is 69.6 Å². The second-order valence-electron chi connectivity index (χ2n) is 5.97. The van der Waals surface area contributed by atoms with Gasteiger partial charge >= 0.3 is 0 Å². The molecule has 6 heteroatoms. The first-order valence-corrected chi connectivity index (χ1v) is 8.08. The van der Waals surface area contributed by atoms with Crippen molar-refractivity contribution in [3.63, 3.8) is 0 Å². The molecule has 6 nitrogen and oxygen atoms in total. The van der Waals surface area contributed by atoms with Crippen molar-refractivity contribution in [3.8, 4) is 11.5 Å². The number of methoxy groups -OCH3 is 2. The van der Waals surface area contributed by atoms with Gasteiger partial charge in [-0.2, -0.15) is 0 Å². The highest BCUT2D eigenvalue weighted by Gasteiger charge is 2.35. The minimum absolute atomic E-state index is 0.178. The molecule has 1 aliphatic rings. The fraction of sp³-hybridized carbons (Fsp3) is 0.316. The van der Waals surface area contributed by atoms with Crippen molar-refractivity contribution in [2.45, 2.75) is 18.8 Å². The van der Waals surface area contributed by atoms with Crippen LogP contribution < -0.4 is 9.47 Å². The summed E-state index contributed by atoms with van der Waals surface area (Å²) in [5.41, 5.74) is 11.8. The second kappa shape index (κ2) is 7.28. The van der Waals surface area contributed by atoms with Gasteiger partial charge in [0.2, 0.25) is 5.91 Å². The van der Waals surface area contributed by atoms with Crippen molar-refractivity contribution >= 4 is 5.91 Å². The van der Waals surface area contributed by atoms with E-state index in [1.165, 1.54) is 0 Å². The van der Waals surface area contributed by atoms with Gasteiger partial charge in [0.05, 0.1) is 14.2 Å². The Morgan fingerprint density at radius 3 is 2.48 bits per heavy atom. The lowest BCUT2D eigenvalue weighted by molar-refractivity contribution is -0.122. The number of hydrogen-bond acceptors (Lipinski definition) is 3. The molecule has 0 bridgehead atoms. The van der Waals surface area contributed by atoms with Gasteiger partial charge in [-0.25, -0.2) is 0 Å². The monoisotopic (exact) mass is 337 g/mol. The highest BCUT2D eigenvalue weighted by Crippen LogP contribution is 2.45. The van der Waals surface area contributed by atoms with Crippen LogP contribution in [0.5, 0.6) is 11.5 Å². The highest BCUT2D eigenvalue weighted by atomic mass is 16.5. The van der Waals surface area contributed by atoms with E-state index in [2.05, 4.69) is 10.0 Å². The molecule has 0 fully saturated rings. The Balaban J connectivity index is 2.17. The van der Waals surface area contributed by atoms with Crippen LogP contribution in [-0.4, -0.2) is 20.1 Å². The van der Waals surface area contributed by atoms with Crippen LogP contribution in [0.4, 0.5) is 0 Å². The van der Waals surface area contributed by atoms with Crippen LogP contribution >= 0.6 is 0 Å². The number of rotatable bonds is 4. The van der Waals surface area contributed by atoms with E-state index in [1.54, 1.807) is 14.2 Å². The molecular formula is C19H19N3O3. The van der Waals surface area contributed by atoms with Gasteiger partial charge in [-0.15, -0.1) is 0 Å². The highest BCUT2D eigenvalue weighted by molar-refractivity contribution is 5.82. The Morgan fingerprint density at radius 2 is 1.84 bits per heavy atom. The van der Waals surface area contributed by atoms with Gasteiger partial charge in [0.1, 0.15) is 0 Å². The number of aryl methyl sites for hydroxylation is 1. The van der Waals surface area contributed by atoms with E-state index in [9.17, 15) is 4.79 Å². The van der Waals surface area contributed by atoms with Crippen molar-refractivity contribution < 1.29 is 14.3 Å². The molecule has 0 aromatic heterocycles. The topological polar surface area (TPSA) is 84.3 Å². The van der Waals surface area contributed by atoms with E-state index < -0.39 is 5.91 Å². The zero-order valence-electron chi connectivity index (χ0n) is 14.2. The largest absolute Gasteiger partial charge is 0.493 e. The number of carbonyl (C=O) groups is 1. The zero-order chi connectivity index (χ0) is 17.8. The number of ether oxygens (including phenoxy) is 2. The predicted octanol–water partition coefficient (Wildman–Crippen LogP) is 4.24. The van der Waals surface area contributed by atoms with E-state index >= 15 is 0 Å². The maximum atomic E-state index is 12.4. The average molecular weight is 337 g/mol. The molecule has 25 heavy (non-hydrogen) atoms. The molecule has 0 spiro atoms. The summed E-state index contributed by atoms with van der Waals surface area (Å²) in [5.74, 6) is 0.315. The van der Waals surface area contributed by atoms with Crippen LogP contribution in [0.25, 0.3) is 10.4 Å². The van der Waals surface area contributed by atoms with Crippen LogP contribution in [0.2, 0.25) is 0 Å². The molecule has 0 N–H and O–H groups in total. The second-order valence-corrected chi connectivity index (χ2v) is 5.97. The molecule has 0 radical (unpaired) electrons. The SMILES string of the molecule is COc1cc2c(cc1OC)[C@@H](c1ccccc1)[C@H](C(=O)N=[N+]=[N-])CC2. The number of nitrogens with zero attached hydrogens (tertiary/aromatic N) is 3. The lowest BCUT2D eigenvalue weighted by Gasteiger charge is -2.33. The molecule has 0 saturated heterocycles. The summed E-state index contributed by atoms with van der Waals surface area (Å²) < 4.78 is 10.8. The van der Waals surface area contributed by atoms with Crippen molar-refractivity contribution in [1.29, 1.82) is 0 Å². The van der Waals surface area contributed by atoms with Gasteiger partial charge in [0.15, 0.2) is 11.5 Å². The van der Waals surface area contributed by atoms with Crippen LogP contribution in [0, 0.1) is 5.92 Å². The van der Waals surface area contributed by atoms with Gasteiger partial charge in [0, 0.05) is 16.7 Å². The quantitative estimate of drug-likeness (QED) is 0.475. The number of fused-ring (bicyclic) bond motifs is 1. The molecule has 2 atom stereocenters. The van der Waals surface area contributed by atoms with Crippen molar-refractivity contribution in [2.24, 2.45) is 11.0 Å². The Kier molecular flexibility index (Phi) is 4.91. The van der Waals surface area contributed by atoms with Gasteiger partial charge in [-0.05, 0) is 52.3 Å². The maximum Gasteiger partial charge on any atom is 0.222 e. The minimum atomic E-state index is -0.420. The maximum absolute atomic E-state index is 12.4. The smallest absolute Gasteiger partial charge is 0.222 e. The standard InChI is InChI=1S/C19H19N3O3/c1-24-16-10-13-8-9-14(19(23)21-22-20)18(12-6-4-3-5-7-12)15(13)11-17(16)25-2/h3-7,10-11,14,18H,8-9H2,1-2H3/t14-,18+/m1/s1. The van der Waals surface area contributed by atoms with Crippen LogP contribution in [0.1, 0.15) is 29.0 Å². The molecule has 2 aromatic rings. The summed E-state index contributed by atoms with van der Waals surface area (Å²) in [6.45, 7) is 0. The summed E-state index contributed by atoms with van der Waals surface area (Å²) in [5, 5.41) is 3.36. The van der Waals surface area contributed by atoms with E-state index in [1.807, 2.05) is 42.5 Å². The van der Waals surface area contributed by atoms with E-state index in [0.29, 0.717) is 17.9 Å². The summed E-state index contributed by atoms with van der Waals surface area (Å²) in [4.78, 5) is 15.1. The molecule has 0 saturated carbocycles. The van der Waals surface area contributed by atoms with Crippen molar-refractivity contribution in [2.75, 3.05) is 14.2 Å². The Morgan fingerprint density at radius 1 is 1.16 bits per heavy atom. The first-order chi connectivity index (χ1) is 12.2. The third kappa shape index (κ3) is 3.16. The third-order valence-corrected chi connectivity index (χ3v) is 4.73. The van der Waals surface area contributed by atoms with Crippen LogP contribution in [-0.2, 0) is 11.2 Å². The molecule has 128 valence electrons. The van der Waals surface area contributed by atoms with Gasteiger partial charge in [-0.1, -0.05) is 30.3 Å². The lowest BCUT2D eigenvalue weighted by atomic mass is 9.71. The fourth-order valence-corrected chi connectivity index (χ4v) is 3.59. The van der Waals surface area contributed by atoms with E-state index in [0.717, 1.165) is 23.1 Å². The molecule has 1 aliphatic carbocycles. The van der Waals surface area contributed by atoms with E-state index in [4.69, 9.17) is 15.0 Å². The predicted molar refractivity (Wildman–Crippen MR) is 93.8 cm³/mol. The molecule has 2 aromatic carbocycles. The Labute approximate surface area is 146 Å². The van der Waals surface area contributed by atoms with Crippen LogP contribution in [0.3, 0.4) is 0 Å². The summed E-state index contributed by atoms with van der Waals surface area (Å²) in [6.07, 6.45) is 1.34. The first-order valence-electron chi connectivity index (χ1n) is 8.08. The van der Waals surface area contributed by atoms with Gasteiger partial charge in [-0.3, -0.25) is 4.79 Å². The lowest BCUT2D eigenvalue weighted by Crippen LogP contribution is -2.27. The molecule has 0 unspecified atom stereocenters. The summed E-state index contributed by atoms with van der Waals surface area (Å²) in [7, 11) is 3.20. The number of benzene rings is 2. The van der Waals surface area contributed by atoms with Gasteiger partial charge in [0.25, 0.3) is 0 Å². The summed E-state index contributed by atoms with van der Waals surface area (Å²) in [6, 6.07) is 13.7. The fourth-order valence-electron chi connectivity index (χ4n) is 3.59. The Hall–Kier alpha value is -2.98. The molecule has 0 heterocycles. The molecular weight excluding hydrogens is 318 g/mol. The van der Waals surface area contributed by atoms with Crippen LogP contribution in [0.15, 0.2) is 47.6 Å². The molecule has 0 aliphatic heterocycles. The summed E-state index contributed by atoms with van der Waals surface area (Å²) >= 11 is 0. The first kappa shape index (κ1) is 16.9. The Bertz CT molecular complexity index is 829. The number of azide groups is 1. The van der Waals surface area contributed by atoms with Crippen molar-refractivity contribution in [1.82, 2.24) is 0 Å². The van der Waals surface area contributed by atoms with E-state index in [-0.39, 0.29) is 11.8 Å². The molecule has 3 rings (SSSR count).